The van der Waals surface area contributed by atoms with Crippen LogP contribution in [0.15, 0.2) is 24.4 Å². The summed E-state index contributed by atoms with van der Waals surface area (Å²) in [6, 6.07) is 6.30. The zero-order valence-electron chi connectivity index (χ0n) is 15.0. The average molecular weight is 344 g/mol. The number of rotatable bonds is 4. The number of pyridine rings is 1. The molecule has 0 radical (unpaired) electrons. The average Bonchev–Trinajstić information content (AvgIpc) is 2.67. The van der Waals surface area contributed by atoms with Gasteiger partial charge in [-0.05, 0) is 50.9 Å². The fraction of sp³-hybridized carbons (Fsp3) is 0.632. The van der Waals surface area contributed by atoms with Gasteiger partial charge in [-0.1, -0.05) is 6.07 Å². The molecule has 6 heteroatoms. The van der Waals surface area contributed by atoms with Crippen LogP contribution >= 0.6 is 0 Å². The molecule has 1 aromatic heterocycles. The first-order chi connectivity index (χ1) is 12.1. The van der Waals surface area contributed by atoms with Gasteiger partial charge in [-0.3, -0.25) is 14.6 Å². The number of piperidine rings is 2. The molecule has 2 fully saturated rings. The van der Waals surface area contributed by atoms with E-state index in [0.29, 0.717) is 12.6 Å². The Hall–Kier alpha value is -1.95. The molecule has 6 nitrogen and oxygen atoms in total. The quantitative estimate of drug-likeness (QED) is 0.897. The molecule has 3 heterocycles. The lowest BCUT2D eigenvalue weighted by molar-refractivity contribution is -0.131. The van der Waals surface area contributed by atoms with Gasteiger partial charge >= 0.3 is 0 Å². The van der Waals surface area contributed by atoms with Gasteiger partial charge in [0.2, 0.25) is 11.8 Å². The predicted molar refractivity (Wildman–Crippen MR) is 95.7 cm³/mol. The molecule has 136 valence electrons. The van der Waals surface area contributed by atoms with E-state index in [-0.39, 0.29) is 17.7 Å². The molecule has 0 atom stereocenters. The second-order valence-electron chi connectivity index (χ2n) is 7.09. The van der Waals surface area contributed by atoms with Crippen LogP contribution in [0.2, 0.25) is 0 Å². The molecule has 2 amide bonds. The molecule has 0 aliphatic carbocycles. The minimum Gasteiger partial charge on any atom is -0.350 e. The van der Waals surface area contributed by atoms with Gasteiger partial charge in [-0.2, -0.15) is 0 Å². The van der Waals surface area contributed by atoms with E-state index in [4.69, 9.17) is 0 Å². The minimum absolute atomic E-state index is 0.109. The Morgan fingerprint density at radius 2 is 1.84 bits per heavy atom. The first-order valence-corrected chi connectivity index (χ1v) is 9.30. The predicted octanol–water partition coefficient (Wildman–Crippen LogP) is 1.42. The standard InChI is InChI=1S/C19H28N4O2/c1-15(24)22-12-7-18(8-13-22)23-10-5-16(6-11-23)19(25)21-14-17-4-2-3-9-20-17/h2-4,9,16,18H,5-8,10-14H2,1H3,(H,21,25). The maximum atomic E-state index is 12.4. The van der Waals surface area contributed by atoms with E-state index in [1.807, 2.05) is 23.1 Å². The molecule has 0 aromatic carbocycles. The van der Waals surface area contributed by atoms with Crippen molar-refractivity contribution in [1.82, 2.24) is 20.1 Å². The highest BCUT2D eigenvalue weighted by molar-refractivity contribution is 5.78. The zero-order chi connectivity index (χ0) is 17.6. The molecule has 0 saturated carbocycles. The maximum absolute atomic E-state index is 12.4. The van der Waals surface area contributed by atoms with Crippen molar-refractivity contribution in [2.45, 2.75) is 45.2 Å². The lowest BCUT2D eigenvalue weighted by Crippen LogP contribution is -2.49. The Labute approximate surface area is 149 Å². The molecule has 1 N–H and O–H groups in total. The second-order valence-corrected chi connectivity index (χ2v) is 7.09. The summed E-state index contributed by atoms with van der Waals surface area (Å²) in [5.41, 5.74) is 0.894. The van der Waals surface area contributed by atoms with Gasteiger partial charge in [0, 0.05) is 38.2 Å². The number of carbonyl (C=O) groups excluding carboxylic acids is 2. The molecule has 0 bridgehead atoms. The lowest BCUT2D eigenvalue weighted by Gasteiger charge is -2.41. The number of hydrogen-bond acceptors (Lipinski definition) is 4. The Kier molecular flexibility index (Phi) is 6.02. The smallest absolute Gasteiger partial charge is 0.223 e. The summed E-state index contributed by atoms with van der Waals surface area (Å²) in [7, 11) is 0. The van der Waals surface area contributed by atoms with Crippen LogP contribution < -0.4 is 5.32 Å². The first kappa shape index (κ1) is 17.9. The van der Waals surface area contributed by atoms with Crippen LogP contribution in [0.3, 0.4) is 0 Å². The van der Waals surface area contributed by atoms with Gasteiger partial charge in [0.1, 0.15) is 0 Å². The van der Waals surface area contributed by atoms with Gasteiger partial charge in [0.15, 0.2) is 0 Å². The van der Waals surface area contributed by atoms with Gasteiger partial charge in [0.25, 0.3) is 0 Å². The summed E-state index contributed by atoms with van der Waals surface area (Å²) in [5, 5.41) is 3.02. The van der Waals surface area contributed by atoms with Crippen LogP contribution in [-0.2, 0) is 16.1 Å². The third-order valence-electron chi connectivity index (χ3n) is 5.50. The van der Waals surface area contributed by atoms with Crippen LogP contribution in [-0.4, -0.2) is 58.8 Å². The van der Waals surface area contributed by atoms with E-state index in [0.717, 1.165) is 57.6 Å². The number of carbonyl (C=O) groups is 2. The molecule has 25 heavy (non-hydrogen) atoms. The minimum atomic E-state index is 0.109. The molecular weight excluding hydrogens is 316 g/mol. The largest absolute Gasteiger partial charge is 0.350 e. The number of likely N-dealkylation sites (tertiary alicyclic amines) is 2. The van der Waals surface area contributed by atoms with E-state index < -0.39 is 0 Å². The van der Waals surface area contributed by atoms with Gasteiger partial charge in [0.05, 0.1) is 12.2 Å². The first-order valence-electron chi connectivity index (χ1n) is 9.30. The highest BCUT2D eigenvalue weighted by Gasteiger charge is 2.30. The summed E-state index contributed by atoms with van der Waals surface area (Å²) in [5.74, 6) is 0.440. The topological polar surface area (TPSA) is 65.5 Å². The van der Waals surface area contributed by atoms with E-state index in [9.17, 15) is 9.59 Å². The molecule has 2 saturated heterocycles. The second kappa shape index (κ2) is 8.43. The Morgan fingerprint density at radius 1 is 1.12 bits per heavy atom. The van der Waals surface area contributed by atoms with Crippen molar-refractivity contribution >= 4 is 11.8 Å². The number of nitrogens with one attached hydrogen (secondary N) is 1. The van der Waals surface area contributed by atoms with Gasteiger partial charge in [-0.15, -0.1) is 0 Å². The SMILES string of the molecule is CC(=O)N1CCC(N2CCC(C(=O)NCc3ccccn3)CC2)CC1. The van der Waals surface area contributed by atoms with Crippen molar-refractivity contribution in [2.75, 3.05) is 26.2 Å². The Bertz CT molecular complexity index is 576. The third-order valence-corrected chi connectivity index (χ3v) is 5.50. The number of aromatic nitrogens is 1. The van der Waals surface area contributed by atoms with E-state index in [2.05, 4.69) is 15.2 Å². The van der Waals surface area contributed by atoms with Crippen LogP contribution in [0.25, 0.3) is 0 Å². The number of amides is 2. The van der Waals surface area contributed by atoms with Gasteiger partial charge in [-0.25, -0.2) is 0 Å². The van der Waals surface area contributed by atoms with Crippen LogP contribution in [0.5, 0.6) is 0 Å². The third kappa shape index (κ3) is 4.78. The lowest BCUT2D eigenvalue weighted by atomic mass is 9.92. The van der Waals surface area contributed by atoms with Crippen molar-refractivity contribution in [1.29, 1.82) is 0 Å². The summed E-state index contributed by atoms with van der Waals surface area (Å²) in [6.07, 6.45) is 5.69. The van der Waals surface area contributed by atoms with Crippen molar-refractivity contribution in [3.05, 3.63) is 30.1 Å². The van der Waals surface area contributed by atoms with E-state index >= 15 is 0 Å². The summed E-state index contributed by atoms with van der Waals surface area (Å²) < 4.78 is 0. The summed E-state index contributed by atoms with van der Waals surface area (Å²) >= 11 is 0. The zero-order valence-corrected chi connectivity index (χ0v) is 15.0. The van der Waals surface area contributed by atoms with Crippen molar-refractivity contribution in [3.8, 4) is 0 Å². The molecule has 2 aliphatic rings. The Morgan fingerprint density at radius 3 is 2.44 bits per heavy atom. The van der Waals surface area contributed by atoms with E-state index in [1.165, 1.54) is 0 Å². The van der Waals surface area contributed by atoms with Crippen LogP contribution in [0.1, 0.15) is 38.3 Å². The molecule has 0 spiro atoms. The van der Waals surface area contributed by atoms with Crippen LogP contribution in [0, 0.1) is 5.92 Å². The van der Waals surface area contributed by atoms with Crippen LogP contribution in [0.4, 0.5) is 0 Å². The van der Waals surface area contributed by atoms with Crippen molar-refractivity contribution in [2.24, 2.45) is 5.92 Å². The molecule has 1 aromatic rings. The van der Waals surface area contributed by atoms with Crippen molar-refractivity contribution < 1.29 is 9.59 Å². The number of hydrogen-bond donors (Lipinski definition) is 1. The van der Waals surface area contributed by atoms with Crippen molar-refractivity contribution in [3.63, 3.8) is 0 Å². The normalized spacial score (nSPS) is 20.4. The number of nitrogens with zero attached hydrogens (tertiary/aromatic N) is 3. The Balaban J connectivity index is 1.40. The molecule has 2 aliphatic heterocycles. The fourth-order valence-electron chi connectivity index (χ4n) is 3.90. The highest BCUT2D eigenvalue weighted by atomic mass is 16.2. The van der Waals surface area contributed by atoms with Gasteiger partial charge < -0.3 is 15.1 Å². The monoisotopic (exact) mass is 344 g/mol. The summed E-state index contributed by atoms with van der Waals surface area (Å²) in [6.45, 7) is 5.84. The highest BCUT2D eigenvalue weighted by Crippen LogP contribution is 2.24. The molecule has 0 unspecified atom stereocenters. The maximum Gasteiger partial charge on any atom is 0.223 e. The fourth-order valence-corrected chi connectivity index (χ4v) is 3.90. The van der Waals surface area contributed by atoms with E-state index in [1.54, 1.807) is 13.1 Å². The summed E-state index contributed by atoms with van der Waals surface area (Å²) in [4.78, 5) is 32.5. The molecular formula is C19H28N4O2. The molecule has 3 rings (SSSR count).